The first-order chi connectivity index (χ1) is 18.3. The highest BCUT2D eigenvalue weighted by Crippen LogP contribution is 2.52. The SMILES string of the molecule is CCCC1=C2[C@@H](CC/C(C)=C/c3ccc(O)cc3Cl)OB(O)C[C@@H]2[C@@H]2C(=O)N(C3CCCCC3)C(=O)[C@@H]2C1. The molecule has 2 amide bonds. The number of imide groups is 1. The van der Waals surface area contributed by atoms with Gasteiger partial charge in [-0.2, -0.15) is 0 Å². The van der Waals surface area contributed by atoms with Crippen LogP contribution in [0, 0.1) is 17.8 Å². The molecular formula is C30H39BClNO5. The molecular weight excluding hydrogens is 501 g/mol. The van der Waals surface area contributed by atoms with Gasteiger partial charge in [0.15, 0.2) is 0 Å². The third kappa shape index (κ3) is 5.34. The fourth-order valence-electron chi connectivity index (χ4n) is 7.36. The Morgan fingerprint density at radius 2 is 1.95 bits per heavy atom. The van der Waals surface area contributed by atoms with Crippen molar-refractivity contribution in [3.8, 4) is 5.75 Å². The molecule has 0 spiro atoms. The van der Waals surface area contributed by atoms with E-state index in [-0.39, 0.29) is 47.5 Å². The van der Waals surface area contributed by atoms with Gasteiger partial charge in [-0.3, -0.25) is 14.5 Å². The van der Waals surface area contributed by atoms with E-state index in [0.717, 1.165) is 56.1 Å². The molecule has 0 bridgehead atoms. The number of carbonyl (C=O) groups is 2. The monoisotopic (exact) mass is 539 g/mol. The summed E-state index contributed by atoms with van der Waals surface area (Å²) in [4.78, 5) is 29.1. The summed E-state index contributed by atoms with van der Waals surface area (Å²) in [5, 5.41) is 20.9. The van der Waals surface area contributed by atoms with E-state index < -0.39 is 7.12 Å². The first-order valence-corrected chi connectivity index (χ1v) is 14.7. The van der Waals surface area contributed by atoms with Gasteiger partial charge in [-0.25, -0.2) is 0 Å². The van der Waals surface area contributed by atoms with Gasteiger partial charge in [-0.15, -0.1) is 0 Å². The van der Waals surface area contributed by atoms with Gasteiger partial charge in [-0.05, 0) is 87.0 Å². The lowest BCUT2D eigenvalue weighted by atomic mass is 9.58. The summed E-state index contributed by atoms with van der Waals surface area (Å²) in [6.45, 7) is 4.19. The Morgan fingerprint density at radius 3 is 2.66 bits per heavy atom. The molecule has 6 nitrogen and oxygen atoms in total. The molecule has 5 rings (SSSR count). The molecule has 1 aromatic rings. The molecule has 2 saturated heterocycles. The van der Waals surface area contributed by atoms with Crippen LogP contribution in [0.15, 0.2) is 34.9 Å². The van der Waals surface area contributed by atoms with Crippen LogP contribution in [0.4, 0.5) is 0 Å². The van der Waals surface area contributed by atoms with Gasteiger partial charge in [-0.1, -0.05) is 61.4 Å². The second-order valence-electron chi connectivity index (χ2n) is 11.6. The highest BCUT2D eigenvalue weighted by molar-refractivity contribution is 6.43. The molecule has 1 saturated carbocycles. The van der Waals surface area contributed by atoms with E-state index in [4.69, 9.17) is 16.3 Å². The molecule has 204 valence electrons. The quantitative estimate of drug-likeness (QED) is 0.246. The minimum Gasteiger partial charge on any atom is -0.508 e. The zero-order valence-electron chi connectivity index (χ0n) is 22.5. The van der Waals surface area contributed by atoms with Crippen molar-refractivity contribution in [2.45, 2.75) is 96.5 Å². The summed E-state index contributed by atoms with van der Waals surface area (Å²) in [6, 6.07) is 4.98. The molecule has 1 aromatic carbocycles. The predicted octanol–water partition coefficient (Wildman–Crippen LogP) is 6.16. The Balaban J connectivity index is 1.39. The highest BCUT2D eigenvalue weighted by atomic mass is 35.5. The standard InChI is InChI=1S/C30H39BClNO5/c1-3-7-20-15-23-28(30(36)33(29(23)35)21-8-5-4-6-9-21)24-17-31(37)38-26(27(20)24)13-10-18(2)14-19-11-12-22(34)16-25(19)32/h11-12,14,16,21,23-24,26,28,34,37H,3-10,13,15,17H2,1-2H3/b18-14+/t23-,24+,26-,28-/m1/s1. The Kier molecular flexibility index (Phi) is 8.37. The third-order valence-corrected chi connectivity index (χ3v) is 9.35. The number of nitrogens with zero attached hydrogens (tertiary/aromatic N) is 1. The lowest BCUT2D eigenvalue weighted by molar-refractivity contribution is -0.143. The van der Waals surface area contributed by atoms with Crippen LogP contribution in [0.3, 0.4) is 0 Å². The molecule has 38 heavy (non-hydrogen) atoms. The number of halogens is 1. The summed E-state index contributed by atoms with van der Waals surface area (Å²) in [6.07, 6.45) is 11.1. The second kappa shape index (κ2) is 11.6. The zero-order valence-corrected chi connectivity index (χ0v) is 23.3. The van der Waals surface area contributed by atoms with E-state index in [2.05, 4.69) is 6.92 Å². The zero-order chi connectivity index (χ0) is 27.0. The van der Waals surface area contributed by atoms with Crippen molar-refractivity contribution in [2.75, 3.05) is 0 Å². The fraction of sp³-hybridized carbons (Fsp3) is 0.600. The van der Waals surface area contributed by atoms with Gasteiger partial charge in [0, 0.05) is 6.04 Å². The molecule has 4 aliphatic rings. The van der Waals surface area contributed by atoms with Gasteiger partial charge in [0.25, 0.3) is 0 Å². The molecule has 3 fully saturated rings. The Hall–Kier alpha value is -2.09. The number of allylic oxidation sites excluding steroid dienone is 2. The summed E-state index contributed by atoms with van der Waals surface area (Å²) in [5.74, 6) is -0.701. The molecule has 8 heteroatoms. The van der Waals surface area contributed by atoms with Crippen LogP contribution < -0.4 is 0 Å². The lowest BCUT2D eigenvalue weighted by Crippen LogP contribution is -2.46. The minimum absolute atomic E-state index is 0.0154. The number of phenols is 1. The Labute approximate surface area is 231 Å². The Morgan fingerprint density at radius 1 is 1.18 bits per heavy atom. The first kappa shape index (κ1) is 27.5. The van der Waals surface area contributed by atoms with Crippen LogP contribution in [0.25, 0.3) is 6.08 Å². The maximum Gasteiger partial charge on any atom is 0.455 e. The average molecular weight is 540 g/mol. The molecule has 2 aliphatic carbocycles. The lowest BCUT2D eigenvalue weighted by Gasteiger charge is -2.43. The molecule has 4 atom stereocenters. The van der Waals surface area contributed by atoms with E-state index in [9.17, 15) is 19.7 Å². The molecule has 0 aromatic heterocycles. The van der Waals surface area contributed by atoms with Crippen molar-refractivity contribution in [2.24, 2.45) is 17.8 Å². The number of amides is 2. The number of hydrogen-bond donors (Lipinski definition) is 2. The number of fused-ring (bicyclic) bond motifs is 3. The van der Waals surface area contributed by atoms with E-state index in [1.54, 1.807) is 17.0 Å². The summed E-state index contributed by atoms with van der Waals surface area (Å²) in [7, 11) is -0.946. The summed E-state index contributed by atoms with van der Waals surface area (Å²) < 4.78 is 6.13. The Bertz CT molecular complexity index is 1140. The van der Waals surface area contributed by atoms with Gasteiger partial charge in [0.2, 0.25) is 11.8 Å². The topological polar surface area (TPSA) is 87.1 Å². The van der Waals surface area contributed by atoms with Gasteiger partial charge in [0.05, 0.1) is 23.0 Å². The van der Waals surface area contributed by atoms with Gasteiger partial charge < -0.3 is 14.8 Å². The van der Waals surface area contributed by atoms with Crippen molar-refractivity contribution < 1.29 is 24.4 Å². The summed E-state index contributed by atoms with van der Waals surface area (Å²) >= 11 is 6.30. The third-order valence-electron chi connectivity index (χ3n) is 9.02. The highest BCUT2D eigenvalue weighted by Gasteiger charge is 2.58. The molecule has 0 unspecified atom stereocenters. The van der Waals surface area contributed by atoms with Crippen LogP contribution in [0.5, 0.6) is 5.75 Å². The van der Waals surface area contributed by atoms with Crippen LogP contribution in [0.2, 0.25) is 11.3 Å². The maximum atomic E-state index is 13.8. The number of rotatable bonds is 7. The molecule has 2 aliphatic heterocycles. The van der Waals surface area contributed by atoms with Crippen LogP contribution in [-0.2, 0) is 14.2 Å². The van der Waals surface area contributed by atoms with Gasteiger partial charge >= 0.3 is 7.12 Å². The van der Waals surface area contributed by atoms with E-state index >= 15 is 0 Å². The number of likely N-dealkylation sites (tertiary alicyclic amines) is 1. The predicted molar refractivity (Wildman–Crippen MR) is 149 cm³/mol. The van der Waals surface area contributed by atoms with E-state index in [1.165, 1.54) is 23.6 Å². The number of carbonyl (C=O) groups excluding carboxylic acids is 2. The fourth-order valence-corrected chi connectivity index (χ4v) is 7.58. The molecule has 0 radical (unpaired) electrons. The maximum absolute atomic E-state index is 13.8. The van der Waals surface area contributed by atoms with E-state index in [0.29, 0.717) is 24.2 Å². The van der Waals surface area contributed by atoms with Gasteiger partial charge in [0.1, 0.15) is 5.75 Å². The molecule has 2 N–H and O–H groups in total. The van der Waals surface area contributed by atoms with Crippen LogP contribution >= 0.6 is 11.6 Å². The largest absolute Gasteiger partial charge is 0.508 e. The number of aromatic hydroxyl groups is 1. The van der Waals surface area contributed by atoms with Crippen molar-refractivity contribution in [3.63, 3.8) is 0 Å². The van der Waals surface area contributed by atoms with Crippen molar-refractivity contribution >= 4 is 36.6 Å². The van der Waals surface area contributed by atoms with E-state index in [1.807, 2.05) is 13.0 Å². The average Bonchev–Trinajstić information content (AvgIpc) is 3.14. The number of benzene rings is 1. The summed E-state index contributed by atoms with van der Waals surface area (Å²) in [5.41, 5.74) is 4.37. The second-order valence-corrected chi connectivity index (χ2v) is 12.0. The number of hydrogen-bond acceptors (Lipinski definition) is 5. The first-order valence-electron chi connectivity index (χ1n) is 14.4. The normalized spacial score (nSPS) is 28.7. The number of phenolic OH excluding ortho intramolecular Hbond substituents is 1. The smallest absolute Gasteiger partial charge is 0.455 e. The minimum atomic E-state index is -0.946. The van der Waals surface area contributed by atoms with Crippen LogP contribution in [-0.4, -0.2) is 46.1 Å². The van der Waals surface area contributed by atoms with Crippen LogP contribution in [0.1, 0.15) is 83.6 Å². The van der Waals surface area contributed by atoms with Crippen molar-refractivity contribution in [3.05, 3.63) is 45.5 Å². The van der Waals surface area contributed by atoms with Crippen molar-refractivity contribution in [1.82, 2.24) is 4.90 Å². The van der Waals surface area contributed by atoms with Crippen molar-refractivity contribution in [1.29, 1.82) is 0 Å². The molecule has 2 heterocycles.